The van der Waals surface area contributed by atoms with E-state index >= 15 is 0 Å². The number of pyridine rings is 1. The average Bonchev–Trinajstić information content (AvgIpc) is 3.37. The number of hydrogen-bond acceptors (Lipinski definition) is 7. The quantitative estimate of drug-likeness (QED) is 0.303. The molecule has 0 saturated heterocycles. The Labute approximate surface area is 220 Å². The van der Waals surface area contributed by atoms with E-state index in [9.17, 15) is 22.8 Å². The lowest BCUT2D eigenvalue weighted by atomic mass is 9.77. The first-order valence-electron chi connectivity index (χ1n) is 12.2. The van der Waals surface area contributed by atoms with Crippen LogP contribution in [-0.4, -0.2) is 47.9 Å². The second kappa shape index (κ2) is 9.64. The predicted octanol–water partition coefficient (Wildman–Crippen LogP) is 4.09. The van der Waals surface area contributed by atoms with E-state index < -0.39 is 24.0 Å². The molecule has 10 nitrogen and oxygen atoms in total. The Hall–Kier alpha value is -4.55. The van der Waals surface area contributed by atoms with Gasteiger partial charge in [-0.2, -0.15) is 18.3 Å². The first kappa shape index (κ1) is 26.1. The van der Waals surface area contributed by atoms with Gasteiger partial charge in [0.15, 0.2) is 11.5 Å². The van der Waals surface area contributed by atoms with Crippen molar-refractivity contribution in [1.29, 1.82) is 0 Å². The highest BCUT2D eigenvalue weighted by molar-refractivity contribution is 6.09. The molecule has 13 heteroatoms. The fourth-order valence-electron chi connectivity index (χ4n) is 4.80. The van der Waals surface area contributed by atoms with E-state index in [0.29, 0.717) is 28.6 Å². The Morgan fingerprint density at radius 3 is 2.62 bits per heavy atom. The van der Waals surface area contributed by atoms with Crippen LogP contribution >= 0.6 is 0 Å². The third kappa shape index (κ3) is 4.87. The number of nitrogens with zero attached hydrogens (tertiary/aromatic N) is 5. The summed E-state index contributed by atoms with van der Waals surface area (Å²) in [6.45, 7) is 1.69. The number of anilines is 2. The van der Waals surface area contributed by atoms with Gasteiger partial charge in [-0.15, -0.1) is 0 Å². The summed E-state index contributed by atoms with van der Waals surface area (Å²) in [6.07, 6.45) is -3.54. The van der Waals surface area contributed by atoms with E-state index in [2.05, 4.69) is 25.4 Å². The van der Waals surface area contributed by atoms with E-state index in [4.69, 9.17) is 10.8 Å². The van der Waals surface area contributed by atoms with Gasteiger partial charge in [-0.05, 0) is 43.0 Å². The number of aryl methyl sites for hydroxylation is 2. The van der Waals surface area contributed by atoms with Gasteiger partial charge in [0.1, 0.15) is 22.7 Å². The number of aromatic nitrogens is 5. The molecule has 0 saturated carbocycles. The van der Waals surface area contributed by atoms with E-state index in [1.54, 1.807) is 43.3 Å². The van der Waals surface area contributed by atoms with Gasteiger partial charge in [-0.1, -0.05) is 24.3 Å². The second-order valence-corrected chi connectivity index (χ2v) is 9.49. The molecule has 202 valence electrons. The monoisotopic (exact) mass is 539 g/mol. The SMILES string of the molecule is C[C@]1(c2ccc(CCC(=O)O)cc2)C(=O)Nc2nc(-c3nn(CCCC(F)(F)F)c4ncccc34)nc(N)c21. The molecule has 0 unspecified atom stereocenters. The van der Waals surface area contributed by atoms with Crippen molar-refractivity contribution in [3.8, 4) is 11.5 Å². The van der Waals surface area contributed by atoms with Gasteiger partial charge >= 0.3 is 12.1 Å². The lowest BCUT2D eigenvalue weighted by Crippen LogP contribution is -2.33. The Morgan fingerprint density at radius 1 is 1.18 bits per heavy atom. The van der Waals surface area contributed by atoms with E-state index in [1.807, 2.05) is 0 Å². The zero-order chi connectivity index (χ0) is 27.9. The summed E-state index contributed by atoms with van der Waals surface area (Å²) >= 11 is 0. The van der Waals surface area contributed by atoms with Crippen LogP contribution in [0.3, 0.4) is 0 Å². The molecule has 1 aromatic carbocycles. The van der Waals surface area contributed by atoms with Crippen LogP contribution in [0, 0.1) is 0 Å². The fourth-order valence-corrected chi connectivity index (χ4v) is 4.80. The number of nitrogen functional groups attached to an aromatic ring is 1. The second-order valence-electron chi connectivity index (χ2n) is 9.49. The molecule has 5 rings (SSSR count). The lowest BCUT2D eigenvalue weighted by molar-refractivity contribution is -0.137. The van der Waals surface area contributed by atoms with Gasteiger partial charge in [-0.3, -0.25) is 9.59 Å². The number of benzene rings is 1. The molecule has 0 bridgehead atoms. The first-order valence-corrected chi connectivity index (χ1v) is 12.2. The molecule has 4 N–H and O–H groups in total. The Bertz CT molecular complexity index is 1580. The Morgan fingerprint density at radius 2 is 1.92 bits per heavy atom. The van der Waals surface area contributed by atoms with Gasteiger partial charge in [0.25, 0.3) is 0 Å². The molecule has 1 aliphatic rings. The van der Waals surface area contributed by atoms with Crippen LogP contribution in [-0.2, 0) is 28.0 Å². The minimum atomic E-state index is -4.28. The van der Waals surface area contributed by atoms with Crippen molar-refractivity contribution in [3.63, 3.8) is 0 Å². The molecular weight excluding hydrogens is 515 g/mol. The zero-order valence-corrected chi connectivity index (χ0v) is 20.8. The van der Waals surface area contributed by atoms with Crippen molar-refractivity contribution in [3.05, 3.63) is 59.3 Å². The molecule has 4 aromatic rings. The third-order valence-corrected chi connectivity index (χ3v) is 6.83. The number of fused-ring (bicyclic) bond motifs is 2. The van der Waals surface area contributed by atoms with Gasteiger partial charge in [0.05, 0.1) is 10.9 Å². The molecule has 1 amide bonds. The smallest absolute Gasteiger partial charge is 0.389 e. The molecule has 39 heavy (non-hydrogen) atoms. The highest BCUT2D eigenvalue weighted by Crippen LogP contribution is 2.45. The Balaban J connectivity index is 1.51. The minimum absolute atomic E-state index is 0.00814. The number of nitrogens with two attached hydrogens (primary N) is 1. The number of hydrogen-bond donors (Lipinski definition) is 3. The molecular formula is C26H24F3N7O3. The van der Waals surface area contributed by atoms with Crippen LogP contribution in [0.15, 0.2) is 42.6 Å². The van der Waals surface area contributed by atoms with Gasteiger partial charge < -0.3 is 16.2 Å². The average molecular weight is 540 g/mol. The number of amides is 1. The molecule has 3 aromatic heterocycles. The standard InChI is InChI=1S/C26H24F3N7O3/c1-25(15-8-5-14(6-9-15)7-10-17(37)38)18-20(30)32-22(33-21(18)34-24(25)39)19-16-4-2-12-31-23(16)36(35-19)13-3-11-26(27,28)29/h2,4-6,8-9,12H,3,7,10-11,13H2,1H3,(H,37,38)(H3,30,32,33,34,39)/t25-/m1/s1. The summed E-state index contributed by atoms with van der Waals surface area (Å²) in [6, 6.07) is 10.4. The Kier molecular flexibility index (Phi) is 6.44. The summed E-state index contributed by atoms with van der Waals surface area (Å²) in [7, 11) is 0. The van der Waals surface area contributed by atoms with Crippen molar-refractivity contribution in [2.24, 2.45) is 0 Å². The van der Waals surface area contributed by atoms with E-state index in [0.717, 1.165) is 5.56 Å². The van der Waals surface area contributed by atoms with Gasteiger partial charge in [0.2, 0.25) is 5.91 Å². The number of carboxylic acids is 1. The molecule has 1 aliphatic heterocycles. The minimum Gasteiger partial charge on any atom is -0.481 e. The number of nitrogens with one attached hydrogen (secondary N) is 1. The maximum atomic E-state index is 13.2. The lowest BCUT2D eigenvalue weighted by Gasteiger charge is -2.23. The van der Waals surface area contributed by atoms with Crippen LogP contribution in [0.4, 0.5) is 24.8 Å². The van der Waals surface area contributed by atoms with Crippen LogP contribution in [0.25, 0.3) is 22.6 Å². The van der Waals surface area contributed by atoms with Crippen LogP contribution in [0.2, 0.25) is 0 Å². The molecule has 0 fully saturated rings. The summed E-state index contributed by atoms with van der Waals surface area (Å²) in [5, 5.41) is 16.7. The van der Waals surface area contributed by atoms with Crippen LogP contribution < -0.4 is 11.1 Å². The molecule has 4 heterocycles. The van der Waals surface area contributed by atoms with Crippen molar-refractivity contribution >= 4 is 34.5 Å². The summed E-state index contributed by atoms with van der Waals surface area (Å²) in [5.41, 5.74) is 7.69. The van der Waals surface area contributed by atoms with Crippen molar-refractivity contribution in [1.82, 2.24) is 24.7 Å². The predicted molar refractivity (Wildman–Crippen MR) is 136 cm³/mol. The van der Waals surface area contributed by atoms with Gasteiger partial charge in [-0.25, -0.2) is 19.6 Å². The summed E-state index contributed by atoms with van der Waals surface area (Å²) < 4.78 is 39.4. The maximum absolute atomic E-state index is 13.2. The van der Waals surface area contributed by atoms with Crippen LogP contribution in [0.1, 0.15) is 42.9 Å². The maximum Gasteiger partial charge on any atom is 0.389 e. The van der Waals surface area contributed by atoms with E-state index in [-0.39, 0.29) is 48.4 Å². The third-order valence-electron chi connectivity index (χ3n) is 6.83. The van der Waals surface area contributed by atoms with E-state index in [1.165, 1.54) is 10.9 Å². The summed E-state index contributed by atoms with van der Waals surface area (Å²) in [5.74, 6) is -0.894. The normalized spacial score (nSPS) is 16.9. The largest absolute Gasteiger partial charge is 0.481 e. The van der Waals surface area contributed by atoms with Crippen molar-refractivity contribution in [2.75, 3.05) is 11.1 Å². The first-order chi connectivity index (χ1) is 18.5. The molecule has 0 spiro atoms. The number of aliphatic carboxylic acids is 1. The molecule has 0 aliphatic carbocycles. The van der Waals surface area contributed by atoms with Crippen molar-refractivity contribution in [2.45, 2.75) is 50.7 Å². The highest BCUT2D eigenvalue weighted by Gasteiger charge is 2.47. The number of carbonyl (C=O) groups excluding carboxylic acids is 1. The number of halogens is 3. The molecule has 0 radical (unpaired) electrons. The van der Waals surface area contributed by atoms with Crippen LogP contribution in [0.5, 0.6) is 0 Å². The zero-order valence-electron chi connectivity index (χ0n) is 20.8. The van der Waals surface area contributed by atoms with Gasteiger partial charge in [0, 0.05) is 25.6 Å². The number of rotatable bonds is 8. The number of carboxylic acid groups (broad SMARTS) is 1. The fraction of sp³-hybridized carbons (Fsp3) is 0.308. The molecule has 1 atom stereocenters. The number of carbonyl (C=O) groups is 2. The number of alkyl halides is 3. The van der Waals surface area contributed by atoms with Crippen molar-refractivity contribution < 1.29 is 27.9 Å². The summed E-state index contributed by atoms with van der Waals surface area (Å²) in [4.78, 5) is 37.4. The topological polar surface area (TPSA) is 149 Å². The highest BCUT2D eigenvalue weighted by atomic mass is 19.4.